The van der Waals surface area contributed by atoms with Crippen molar-refractivity contribution >= 4 is 36.6 Å². The van der Waals surface area contributed by atoms with Gasteiger partial charge in [-0.15, -0.1) is 0 Å². The molecule has 0 aliphatic carbocycles. The topological polar surface area (TPSA) is 118 Å². The number of aryl methyl sites for hydroxylation is 1. The van der Waals surface area contributed by atoms with Gasteiger partial charge < -0.3 is 10.0 Å². The molecular formula is C25H24ClF2N5O4S. The summed E-state index contributed by atoms with van der Waals surface area (Å²) in [4.78, 5) is 27.8. The first-order chi connectivity index (χ1) is 17.8. The number of nitrogens with zero attached hydrogens (tertiary/aromatic N) is 5. The first kappa shape index (κ1) is 27.4. The van der Waals surface area contributed by atoms with Gasteiger partial charge in [0, 0.05) is 30.5 Å². The summed E-state index contributed by atoms with van der Waals surface area (Å²) in [5, 5.41) is 10.4. The fourth-order valence-electron chi connectivity index (χ4n) is 4.16. The number of pyridine rings is 2. The second-order valence-corrected chi connectivity index (χ2v) is 12.0. The van der Waals surface area contributed by atoms with E-state index >= 15 is 4.39 Å². The van der Waals surface area contributed by atoms with Crippen LogP contribution in [0, 0.1) is 18.6 Å². The van der Waals surface area contributed by atoms with E-state index < -0.39 is 49.1 Å². The van der Waals surface area contributed by atoms with Crippen molar-refractivity contribution in [2.45, 2.75) is 26.7 Å². The highest BCUT2D eigenvalue weighted by molar-refractivity contribution is 8.13. The van der Waals surface area contributed by atoms with Gasteiger partial charge in [0.1, 0.15) is 23.1 Å². The molecule has 4 rings (SSSR count). The minimum Gasteiger partial charge on any atom is -0.507 e. The molecule has 9 nitrogen and oxygen atoms in total. The molecule has 0 saturated carbocycles. The second-order valence-electron chi connectivity index (χ2n) is 9.06. The smallest absolute Gasteiger partial charge is 0.355 e. The average molecular weight is 564 g/mol. The fourth-order valence-corrected chi connectivity index (χ4v) is 4.86. The number of halogens is 3. The first-order valence-corrected chi connectivity index (χ1v) is 14.0. The van der Waals surface area contributed by atoms with Crippen LogP contribution in [0.4, 0.5) is 14.6 Å². The summed E-state index contributed by atoms with van der Waals surface area (Å²) in [5.41, 5.74) is -0.289. The molecule has 0 radical (unpaired) electrons. The molecule has 0 spiro atoms. The Balaban J connectivity index is 2.13. The highest BCUT2D eigenvalue weighted by Gasteiger charge is 2.25. The number of rotatable bonds is 7. The maximum absolute atomic E-state index is 15.5. The van der Waals surface area contributed by atoms with Gasteiger partial charge in [0.15, 0.2) is 11.5 Å². The molecule has 13 heteroatoms. The Kier molecular flexibility index (Phi) is 7.39. The normalized spacial score (nSPS) is 11.9. The van der Waals surface area contributed by atoms with Gasteiger partial charge in [0.25, 0.3) is 0 Å². The highest BCUT2D eigenvalue weighted by atomic mass is 35.7. The highest BCUT2D eigenvalue weighted by Crippen LogP contribution is 2.36. The van der Waals surface area contributed by atoms with Crippen LogP contribution in [0.5, 0.6) is 5.75 Å². The molecule has 3 aromatic heterocycles. The predicted octanol–water partition coefficient (Wildman–Crippen LogP) is 4.26. The number of fused-ring (bicyclic) bond motifs is 1. The number of phenolic OH excluding ortho intramolecular Hbond substituents is 1. The van der Waals surface area contributed by atoms with Gasteiger partial charge in [0.05, 0.1) is 28.1 Å². The van der Waals surface area contributed by atoms with E-state index in [0.717, 1.165) is 12.1 Å². The lowest BCUT2D eigenvalue weighted by Crippen LogP contribution is -2.31. The summed E-state index contributed by atoms with van der Waals surface area (Å²) in [6, 6.07) is 6.22. The largest absolute Gasteiger partial charge is 0.507 e. The van der Waals surface area contributed by atoms with Crippen molar-refractivity contribution in [1.82, 2.24) is 19.5 Å². The van der Waals surface area contributed by atoms with Crippen LogP contribution in [-0.4, -0.2) is 52.4 Å². The van der Waals surface area contributed by atoms with E-state index in [1.807, 2.05) is 13.8 Å². The number of benzene rings is 1. The number of anilines is 1. The van der Waals surface area contributed by atoms with Crippen molar-refractivity contribution in [3.8, 4) is 22.7 Å². The summed E-state index contributed by atoms with van der Waals surface area (Å²) < 4.78 is 54.4. The van der Waals surface area contributed by atoms with Crippen LogP contribution in [0.25, 0.3) is 28.0 Å². The Bertz CT molecular complexity index is 1710. The minimum absolute atomic E-state index is 0.0501. The molecule has 0 aliphatic rings. The van der Waals surface area contributed by atoms with Crippen molar-refractivity contribution in [3.05, 3.63) is 69.9 Å². The number of hydrogen-bond acceptors (Lipinski definition) is 8. The number of hydrogen-bond donors (Lipinski definition) is 1. The molecule has 0 unspecified atom stereocenters. The lowest BCUT2D eigenvalue weighted by molar-refractivity contribution is 0.470. The molecule has 38 heavy (non-hydrogen) atoms. The zero-order chi connectivity index (χ0) is 27.9. The molecule has 0 atom stereocenters. The van der Waals surface area contributed by atoms with Gasteiger partial charge in [-0.05, 0) is 42.7 Å². The molecule has 1 N–H and O–H groups in total. The average Bonchev–Trinajstić information content (AvgIpc) is 2.82. The Morgan fingerprint density at radius 1 is 1.16 bits per heavy atom. The van der Waals surface area contributed by atoms with Crippen molar-refractivity contribution in [2.75, 3.05) is 24.2 Å². The third-order valence-electron chi connectivity index (χ3n) is 5.99. The zero-order valence-corrected chi connectivity index (χ0v) is 22.5. The Hall–Kier alpha value is -3.64. The molecule has 0 saturated heterocycles. The van der Waals surface area contributed by atoms with E-state index in [0.29, 0.717) is 16.9 Å². The van der Waals surface area contributed by atoms with E-state index in [2.05, 4.69) is 15.0 Å². The van der Waals surface area contributed by atoms with Crippen molar-refractivity contribution < 1.29 is 22.3 Å². The summed E-state index contributed by atoms with van der Waals surface area (Å²) in [6.07, 6.45) is 1.60. The second kappa shape index (κ2) is 10.3. The molecular weight excluding hydrogens is 540 g/mol. The van der Waals surface area contributed by atoms with Gasteiger partial charge in [-0.3, -0.25) is 4.98 Å². The van der Waals surface area contributed by atoms with E-state index in [1.165, 1.54) is 28.6 Å². The Morgan fingerprint density at radius 2 is 1.87 bits per heavy atom. The van der Waals surface area contributed by atoms with Crippen LogP contribution in [0.3, 0.4) is 0 Å². The van der Waals surface area contributed by atoms with Gasteiger partial charge in [-0.1, -0.05) is 19.9 Å². The summed E-state index contributed by atoms with van der Waals surface area (Å²) in [6.45, 7) is 5.38. The minimum atomic E-state index is -3.87. The summed E-state index contributed by atoms with van der Waals surface area (Å²) in [7, 11) is 2.95. The first-order valence-electron chi connectivity index (χ1n) is 11.5. The van der Waals surface area contributed by atoms with Crippen molar-refractivity contribution in [1.29, 1.82) is 0 Å². The van der Waals surface area contributed by atoms with Crippen LogP contribution in [0.15, 0.2) is 41.3 Å². The van der Waals surface area contributed by atoms with Gasteiger partial charge in [-0.2, -0.15) is 4.98 Å². The molecule has 0 bridgehead atoms. The lowest BCUT2D eigenvalue weighted by atomic mass is 10.0. The summed E-state index contributed by atoms with van der Waals surface area (Å²) in [5.74, 6) is -3.08. The lowest BCUT2D eigenvalue weighted by Gasteiger charge is -2.22. The third-order valence-corrected chi connectivity index (χ3v) is 7.12. The van der Waals surface area contributed by atoms with Gasteiger partial charge in [-0.25, -0.2) is 31.5 Å². The molecule has 1 aromatic carbocycles. The van der Waals surface area contributed by atoms with E-state index in [9.17, 15) is 22.7 Å². The van der Waals surface area contributed by atoms with Crippen LogP contribution >= 0.6 is 10.7 Å². The Morgan fingerprint density at radius 3 is 2.50 bits per heavy atom. The van der Waals surface area contributed by atoms with E-state index in [1.54, 1.807) is 19.2 Å². The molecule has 0 aliphatic heterocycles. The van der Waals surface area contributed by atoms with Gasteiger partial charge in [0.2, 0.25) is 9.05 Å². The van der Waals surface area contributed by atoms with Crippen LogP contribution < -0.4 is 10.6 Å². The predicted molar refractivity (Wildman–Crippen MR) is 142 cm³/mol. The van der Waals surface area contributed by atoms with E-state index in [-0.39, 0.29) is 29.3 Å². The van der Waals surface area contributed by atoms with Crippen LogP contribution in [0.1, 0.15) is 31.0 Å². The number of aromatic hydroxyl groups is 1. The molecule has 200 valence electrons. The van der Waals surface area contributed by atoms with Gasteiger partial charge >= 0.3 is 5.69 Å². The molecule has 0 fully saturated rings. The van der Waals surface area contributed by atoms with Crippen molar-refractivity contribution in [3.63, 3.8) is 0 Å². The SMILES string of the molecule is Cc1ccnc(C(C)C)c1-n1c(=O)nc(N(C)CCS(=O)(=O)Cl)c2cc(F)c(-c3c(O)cccc3F)nc21. The van der Waals surface area contributed by atoms with Crippen molar-refractivity contribution in [2.24, 2.45) is 0 Å². The van der Waals surface area contributed by atoms with Crippen LogP contribution in [-0.2, 0) is 9.05 Å². The maximum atomic E-state index is 15.5. The zero-order valence-electron chi connectivity index (χ0n) is 20.9. The number of aromatic nitrogens is 4. The quantitative estimate of drug-likeness (QED) is 0.331. The molecule has 4 aromatic rings. The number of phenols is 1. The summed E-state index contributed by atoms with van der Waals surface area (Å²) >= 11 is 0. The fraction of sp³-hybridized carbons (Fsp3) is 0.280. The molecule has 3 heterocycles. The molecule has 0 amide bonds. The van der Waals surface area contributed by atoms with Crippen LogP contribution in [0.2, 0.25) is 0 Å². The standard InChI is InChI=1S/C25H24ClF2N5O4S/c1-13(2)20-22(14(3)8-9-29-20)33-24-15(23(31-25(33)35)32(4)10-11-38(26,36)37)12-17(28)21(30-24)19-16(27)6-5-7-18(19)34/h5-9,12-13,34H,10-11H2,1-4H3. The Labute approximate surface area is 221 Å². The third kappa shape index (κ3) is 5.18. The monoisotopic (exact) mass is 563 g/mol. The van der Waals surface area contributed by atoms with E-state index in [4.69, 9.17) is 10.7 Å². The maximum Gasteiger partial charge on any atom is 0.355 e.